The Balaban J connectivity index is 0.000000150. The van der Waals surface area contributed by atoms with Crippen LogP contribution in [0.15, 0.2) is 89.7 Å². The molecule has 0 aliphatic rings. The third-order valence-corrected chi connectivity index (χ3v) is 8.12. The predicted octanol–water partition coefficient (Wildman–Crippen LogP) is 6.88. The van der Waals surface area contributed by atoms with Crippen molar-refractivity contribution in [1.82, 2.24) is 29.9 Å². The van der Waals surface area contributed by atoms with E-state index in [0.29, 0.717) is 20.2 Å². The maximum Gasteiger partial charge on any atom is 0.499 e. The fraction of sp³-hybridized carbons (Fsp3) is 0. The zero-order valence-electron chi connectivity index (χ0n) is 20.1. The van der Waals surface area contributed by atoms with E-state index in [9.17, 15) is 0 Å². The van der Waals surface area contributed by atoms with Crippen molar-refractivity contribution in [1.29, 1.82) is 0 Å². The van der Waals surface area contributed by atoms with Gasteiger partial charge in [-0.3, -0.25) is 0 Å². The Morgan fingerprint density at radius 3 is 1.45 bits per heavy atom. The Bertz CT molecular complexity index is 1460. The molecule has 0 fully saturated rings. The molecule has 0 atom stereocenters. The van der Waals surface area contributed by atoms with Gasteiger partial charge in [0, 0.05) is 16.9 Å². The van der Waals surface area contributed by atoms with Gasteiger partial charge in [0.2, 0.25) is 0 Å². The summed E-state index contributed by atoms with van der Waals surface area (Å²) in [5, 5.41) is 24.0. The van der Waals surface area contributed by atoms with Crippen molar-refractivity contribution in [3.8, 4) is 21.1 Å². The maximum atomic E-state index is 8.48. The highest BCUT2D eigenvalue weighted by Gasteiger charge is 2.09. The van der Waals surface area contributed by atoms with Gasteiger partial charge in [-0.1, -0.05) is 59.1 Å². The van der Waals surface area contributed by atoms with Gasteiger partial charge in [0.05, 0.1) is 21.1 Å². The van der Waals surface area contributed by atoms with Crippen molar-refractivity contribution >= 4 is 103 Å². The van der Waals surface area contributed by atoms with Gasteiger partial charge in [0.15, 0.2) is 0 Å². The number of aromatic nitrogens is 6. The molecule has 8 nitrogen and oxygen atoms in total. The van der Waals surface area contributed by atoms with Crippen molar-refractivity contribution < 1.29 is 10.0 Å². The average Bonchev–Trinajstić information content (AvgIpc) is 3.74. The molecule has 2 N–H and O–H groups in total. The van der Waals surface area contributed by atoms with Crippen molar-refractivity contribution in [3.63, 3.8) is 0 Å². The van der Waals surface area contributed by atoms with Crippen LogP contribution in [0.25, 0.3) is 21.1 Å². The molecule has 6 aromatic rings. The molecule has 6 aromatic heterocycles. The van der Waals surface area contributed by atoms with Crippen LogP contribution in [0.4, 0.5) is 0 Å². The van der Waals surface area contributed by atoms with Crippen LogP contribution in [-0.2, 0) is 0 Å². The lowest BCUT2D eigenvalue weighted by Crippen LogP contribution is -2.26. The van der Waals surface area contributed by atoms with Crippen LogP contribution in [0.5, 0.6) is 0 Å². The fourth-order valence-electron chi connectivity index (χ4n) is 2.54. The van der Waals surface area contributed by atoms with Crippen LogP contribution >= 0.6 is 91.4 Å². The number of nitrogens with zero attached hydrogens (tertiary/aromatic N) is 6. The van der Waals surface area contributed by atoms with Crippen LogP contribution in [-0.4, -0.2) is 47.1 Å². The maximum absolute atomic E-state index is 8.48. The summed E-state index contributed by atoms with van der Waals surface area (Å²) < 4.78 is 1.57. The molecule has 6 heterocycles. The molecule has 0 radical (unpaired) electrons. The lowest BCUT2D eigenvalue weighted by molar-refractivity contribution is 0.427. The topological polar surface area (TPSA) is 118 Å². The quantitative estimate of drug-likeness (QED) is 0.114. The highest BCUT2D eigenvalue weighted by Crippen LogP contribution is 2.23. The van der Waals surface area contributed by atoms with Gasteiger partial charge >= 0.3 is 7.12 Å². The van der Waals surface area contributed by atoms with Crippen molar-refractivity contribution in [2.75, 3.05) is 0 Å². The molecular weight excluding hydrogens is 745 g/mol. The second-order valence-corrected chi connectivity index (χ2v) is 12.1. The first-order valence-corrected chi connectivity index (χ1v) is 15.7. The monoisotopic (exact) mass is 760 g/mol. The van der Waals surface area contributed by atoms with E-state index in [1.165, 1.54) is 34.9 Å². The molecule has 16 heteroatoms. The van der Waals surface area contributed by atoms with Gasteiger partial charge in [0.1, 0.15) is 38.1 Å². The zero-order chi connectivity index (χ0) is 28.7. The summed E-state index contributed by atoms with van der Waals surface area (Å²) in [4.78, 5) is 25.6. The number of rotatable bonds is 3. The Morgan fingerprint density at radius 1 is 0.600 bits per heavy atom. The van der Waals surface area contributed by atoms with E-state index >= 15 is 0 Å². The van der Waals surface area contributed by atoms with E-state index in [4.69, 9.17) is 44.9 Å². The van der Waals surface area contributed by atoms with Crippen molar-refractivity contribution in [2.24, 2.45) is 0 Å². The van der Waals surface area contributed by atoms with Crippen LogP contribution in [0.1, 0.15) is 0 Å². The number of hydrogen-bond acceptors (Lipinski definition) is 11. The van der Waals surface area contributed by atoms with E-state index in [1.807, 2.05) is 35.0 Å². The average molecular weight is 762 g/mol. The largest absolute Gasteiger partial charge is 0.499 e. The van der Waals surface area contributed by atoms with E-state index < -0.39 is 7.12 Å². The number of halogens is 4. The molecule has 0 aromatic carbocycles. The third kappa shape index (κ3) is 11.8. The van der Waals surface area contributed by atoms with Crippen LogP contribution < -0.4 is 4.78 Å². The van der Waals surface area contributed by atoms with Gasteiger partial charge in [-0.2, -0.15) is 11.3 Å². The molecular formula is C24H17BCl3IN6O2S3. The Labute approximate surface area is 271 Å². The van der Waals surface area contributed by atoms with Crippen LogP contribution in [0.2, 0.25) is 15.5 Å². The minimum Gasteiger partial charge on any atom is -0.423 e. The molecule has 0 spiro atoms. The molecule has 40 heavy (non-hydrogen) atoms. The second kappa shape index (κ2) is 17.7. The predicted molar refractivity (Wildman–Crippen MR) is 175 cm³/mol. The first-order valence-electron chi connectivity index (χ1n) is 10.9. The molecule has 0 aliphatic heterocycles. The standard InChI is InChI=1S/C8H5ClN2S.C8H5IN2S.C4H5BO2S.C4H2Cl2N2/c2*9-8-4-6(10-5-11-8)7-2-1-3-12-7;6-5(7)4-2-1-3-8-4;5-3-1-4(6)8-2-7-3/h2*1-5H;1-3,6-7H;1-2H. The Kier molecular flexibility index (Phi) is 14.3. The molecule has 0 unspecified atom stereocenters. The Hall–Kier alpha value is -2.08. The fourth-order valence-corrected chi connectivity index (χ4v) is 5.43. The third-order valence-electron chi connectivity index (χ3n) is 4.21. The minimum atomic E-state index is -1.30. The SMILES string of the molecule is Clc1cc(-c2cccs2)ncn1.Clc1cc(Cl)ncn1.Ic1cc(-c2cccs2)ncn1.OB(O)c1cccs1. The van der Waals surface area contributed by atoms with Crippen molar-refractivity contribution in [2.45, 2.75) is 0 Å². The van der Waals surface area contributed by atoms with Crippen LogP contribution in [0, 0.1) is 3.70 Å². The van der Waals surface area contributed by atoms with Gasteiger partial charge in [-0.25, -0.2) is 29.9 Å². The summed E-state index contributed by atoms with van der Waals surface area (Å²) in [7, 11) is -1.30. The summed E-state index contributed by atoms with van der Waals surface area (Å²) in [5.74, 6) is 0. The second-order valence-electron chi connectivity index (χ2n) is 6.96. The van der Waals surface area contributed by atoms with E-state index in [2.05, 4.69) is 58.6 Å². The molecule has 0 bridgehead atoms. The van der Waals surface area contributed by atoms with E-state index in [0.717, 1.165) is 20.0 Å². The zero-order valence-corrected chi connectivity index (χ0v) is 26.9. The summed E-state index contributed by atoms with van der Waals surface area (Å²) in [6, 6.07) is 16.7. The van der Waals surface area contributed by atoms with Gasteiger partial charge < -0.3 is 10.0 Å². The summed E-state index contributed by atoms with van der Waals surface area (Å²) in [6.45, 7) is 0. The molecule has 0 amide bonds. The molecule has 6 rings (SSSR count). The number of thiophene rings is 3. The normalized spacial score (nSPS) is 9.75. The smallest absolute Gasteiger partial charge is 0.423 e. The molecule has 204 valence electrons. The van der Waals surface area contributed by atoms with Crippen LogP contribution in [0.3, 0.4) is 0 Å². The highest BCUT2D eigenvalue weighted by atomic mass is 127. The minimum absolute atomic E-state index is 0.366. The molecule has 0 aliphatic carbocycles. The molecule has 0 saturated carbocycles. The van der Waals surface area contributed by atoms with Crippen molar-refractivity contribution in [3.05, 3.63) is 109 Å². The molecule has 0 saturated heterocycles. The van der Waals surface area contributed by atoms with E-state index in [-0.39, 0.29) is 0 Å². The summed E-state index contributed by atoms with van der Waals surface area (Å²) in [5.41, 5.74) is 1.88. The lowest BCUT2D eigenvalue weighted by atomic mass is 9.90. The first-order chi connectivity index (χ1) is 19.3. The summed E-state index contributed by atoms with van der Waals surface area (Å²) >= 11 is 23.4. The van der Waals surface area contributed by atoms with Gasteiger partial charge in [-0.05, 0) is 56.9 Å². The Morgan fingerprint density at radius 2 is 1.07 bits per heavy atom. The first kappa shape index (κ1) is 32.4. The highest BCUT2D eigenvalue weighted by molar-refractivity contribution is 14.1. The lowest BCUT2D eigenvalue weighted by Gasteiger charge is -1.94. The van der Waals surface area contributed by atoms with Gasteiger partial charge in [-0.15, -0.1) is 22.7 Å². The van der Waals surface area contributed by atoms with E-state index in [1.54, 1.807) is 52.6 Å². The number of hydrogen-bond donors (Lipinski definition) is 2. The summed E-state index contributed by atoms with van der Waals surface area (Å²) in [6.07, 6.45) is 4.37. The van der Waals surface area contributed by atoms with Gasteiger partial charge in [0.25, 0.3) is 0 Å².